The lowest BCUT2D eigenvalue weighted by molar-refractivity contribution is 0.0657. The molecule has 8 heteroatoms. The number of fused-ring (bicyclic) bond motifs is 1. The van der Waals surface area contributed by atoms with Crippen LogP contribution in [0.5, 0.6) is 0 Å². The fourth-order valence-corrected chi connectivity index (χ4v) is 3.88. The molecular weight excluding hydrogens is 358 g/mol. The van der Waals surface area contributed by atoms with Gasteiger partial charge in [0.25, 0.3) is 11.5 Å². The van der Waals surface area contributed by atoms with Gasteiger partial charge >= 0.3 is 5.69 Å². The lowest BCUT2D eigenvalue weighted by Gasteiger charge is -2.34. The van der Waals surface area contributed by atoms with Crippen LogP contribution in [0.4, 0.5) is 0 Å². The number of rotatable bonds is 4. The zero-order valence-corrected chi connectivity index (χ0v) is 16.6. The zero-order valence-electron chi connectivity index (χ0n) is 16.6. The highest BCUT2D eigenvalue weighted by molar-refractivity contribution is 6.05. The van der Waals surface area contributed by atoms with Crippen molar-refractivity contribution in [2.45, 2.75) is 52.1 Å². The van der Waals surface area contributed by atoms with Crippen molar-refractivity contribution in [3.05, 3.63) is 38.2 Å². The summed E-state index contributed by atoms with van der Waals surface area (Å²) in [6.07, 6.45) is 2.04. The van der Waals surface area contributed by atoms with Crippen LogP contribution in [0.3, 0.4) is 0 Å². The molecule has 4 rings (SSSR count). The van der Waals surface area contributed by atoms with Gasteiger partial charge < -0.3 is 10.2 Å². The van der Waals surface area contributed by atoms with Gasteiger partial charge in [-0.3, -0.25) is 19.1 Å². The number of hydrogen-bond acceptors (Lipinski definition) is 5. The second-order valence-electron chi connectivity index (χ2n) is 8.38. The molecule has 0 unspecified atom stereocenters. The standard InChI is InChI=1S/C20H27N5O3/c1-11(2)10-25-17-16(18(26)23-20(25)28)14(8-15(22-17)13-4-5-13)19(27)24-7-6-21-9-12(24)3/h8,11-13,21H,4-7,9-10H2,1-3H3,(H,23,26,28)/t12-/m0/s1. The molecule has 0 bridgehead atoms. The van der Waals surface area contributed by atoms with E-state index in [1.54, 1.807) is 11.0 Å². The average Bonchev–Trinajstić information content (AvgIpc) is 3.49. The molecule has 0 aromatic carbocycles. The van der Waals surface area contributed by atoms with Gasteiger partial charge in [-0.1, -0.05) is 13.8 Å². The average molecular weight is 385 g/mol. The molecule has 2 aromatic heterocycles. The smallest absolute Gasteiger partial charge is 0.330 e. The summed E-state index contributed by atoms with van der Waals surface area (Å²) in [6, 6.07) is 1.81. The monoisotopic (exact) mass is 385 g/mol. The van der Waals surface area contributed by atoms with Gasteiger partial charge in [0.15, 0.2) is 5.65 Å². The molecule has 8 nitrogen and oxygen atoms in total. The summed E-state index contributed by atoms with van der Waals surface area (Å²) in [5.41, 5.74) is 0.486. The lowest BCUT2D eigenvalue weighted by atomic mass is 10.1. The van der Waals surface area contributed by atoms with Crippen molar-refractivity contribution in [2.24, 2.45) is 5.92 Å². The van der Waals surface area contributed by atoms with Gasteiger partial charge in [0.1, 0.15) is 0 Å². The van der Waals surface area contributed by atoms with E-state index < -0.39 is 11.2 Å². The van der Waals surface area contributed by atoms with E-state index in [4.69, 9.17) is 0 Å². The summed E-state index contributed by atoms with van der Waals surface area (Å²) < 4.78 is 1.51. The molecule has 3 heterocycles. The number of hydrogen-bond donors (Lipinski definition) is 2. The first-order valence-corrected chi connectivity index (χ1v) is 10.1. The number of nitrogens with one attached hydrogen (secondary N) is 2. The van der Waals surface area contributed by atoms with Gasteiger partial charge in [-0.15, -0.1) is 0 Å². The molecule has 1 aliphatic carbocycles. The van der Waals surface area contributed by atoms with E-state index >= 15 is 0 Å². The van der Waals surface area contributed by atoms with E-state index in [1.807, 2.05) is 20.8 Å². The molecule has 2 aliphatic rings. The van der Waals surface area contributed by atoms with Crippen molar-refractivity contribution < 1.29 is 4.79 Å². The SMILES string of the molecule is CC(C)Cn1c(=O)[nH]c(=O)c2c(C(=O)N3CCNC[C@@H]3C)cc(C3CC3)nc21. The predicted molar refractivity (Wildman–Crippen MR) is 107 cm³/mol. The van der Waals surface area contributed by atoms with Gasteiger partial charge in [-0.05, 0) is 31.7 Å². The Bertz CT molecular complexity index is 1030. The van der Waals surface area contributed by atoms with Crippen LogP contribution >= 0.6 is 0 Å². The van der Waals surface area contributed by atoms with Crippen molar-refractivity contribution in [2.75, 3.05) is 19.6 Å². The van der Waals surface area contributed by atoms with Crippen LogP contribution in [0.1, 0.15) is 55.6 Å². The van der Waals surface area contributed by atoms with Gasteiger partial charge in [-0.25, -0.2) is 9.78 Å². The van der Waals surface area contributed by atoms with Crippen LogP contribution in [-0.2, 0) is 6.54 Å². The molecular formula is C20H27N5O3. The first-order valence-electron chi connectivity index (χ1n) is 10.1. The summed E-state index contributed by atoms with van der Waals surface area (Å²) in [6.45, 7) is 8.47. The predicted octanol–water partition coefficient (Wildman–Crippen LogP) is 1.05. The number of aromatic amines is 1. The van der Waals surface area contributed by atoms with Crippen LogP contribution in [0, 0.1) is 5.92 Å². The maximum Gasteiger partial charge on any atom is 0.330 e. The molecule has 2 N–H and O–H groups in total. The molecule has 1 atom stereocenters. The summed E-state index contributed by atoms with van der Waals surface area (Å²) in [7, 11) is 0. The largest absolute Gasteiger partial charge is 0.333 e. The first kappa shape index (κ1) is 18.9. The maximum absolute atomic E-state index is 13.4. The molecule has 28 heavy (non-hydrogen) atoms. The van der Waals surface area contributed by atoms with Gasteiger partial charge in [0, 0.05) is 43.8 Å². The maximum atomic E-state index is 13.4. The van der Waals surface area contributed by atoms with Gasteiger partial charge in [0.05, 0.1) is 10.9 Å². The number of H-pyrrole nitrogens is 1. The Balaban J connectivity index is 1.95. The highest BCUT2D eigenvalue weighted by Crippen LogP contribution is 2.40. The van der Waals surface area contributed by atoms with E-state index in [9.17, 15) is 14.4 Å². The highest BCUT2D eigenvalue weighted by atomic mass is 16.2. The topological polar surface area (TPSA) is 100 Å². The van der Waals surface area contributed by atoms with E-state index in [0.717, 1.165) is 31.6 Å². The van der Waals surface area contributed by atoms with Crippen LogP contribution in [0.25, 0.3) is 11.0 Å². The molecule has 0 radical (unpaired) electrons. The van der Waals surface area contributed by atoms with Gasteiger partial charge in [0.2, 0.25) is 0 Å². The summed E-state index contributed by atoms with van der Waals surface area (Å²) in [5, 5.41) is 3.50. The molecule has 0 spiro atoms. The first-order chi connectivity index (χ1) is 13.4. The minimum absolute atomic E-state index is 0.0366. The number of nitrogens with zero attached hydrogens (tertiary/aromatic N) is 3. The molecule has 1 aliphatic heterocycles. The molecule has 1 saturated carbocycles. The Morgan fingerprint density at radius 1 is 1.32 bits per heavy atom. The van der Waals surface area contributed by atoms with Crippen molar-refractivity contribution in [1.82, 2.24) is 24.8 Å². The second-order valence-corrected chi connectivity index (χ2v) is 8.38. The van der Waals surface area contributed by atoms with Crippen LogP contribution in [0.2, 0.25) is 0 Å². The molecule has 1 saturated heterocycles. The lowest BCUT2D eigenvalue weighted by Crippen LogP contribution is -2.52. The normalized spacial score (nSPS) is 20.1. The van der Waals surface area contributed by atoms with Crippen molar-refractivity contribution >= 4 is 16.9 Å². The van der Waals surface area contributed by atoms with Gasteiger partial charge in [-0.2, -0.15) is 0 Å². The zero-order chi connectivity index (χ0) is 20.0. The van der Waals surface area contributed by atoms with Crippen molar-refractivity contribution in [1.29, 1.82) is 0 Å². The Morgan fingerprint density at radius 2 is 2.07 bits per heavy atom. The Hall–Kier alpha value is -2.48. The number of piperazine rings is 1. The second kappa shape index (κ2) is 7.16. The number of carbonyl (C=O) groups excluding carboxylic acids is 1. The van der Waals surface area contributed by atoms with E-state index in [0.29, 0.717) is 30.2 Å². The molecule has 2 fully saturated rings. The third kappa shape index (κ3) is 3.37. The van der Waals surface area contributed by atoms with Crippen LogP contribution in [-0.4, -0.2) is 51.0 Å². The Kier molecular flexibility index (Phi) is 4.82. The third-order valence-electron chi connectivity index (χ3n) is 5.50. The fourth-order valence-electron chi connectivity index (χ4n) is 3.88. The molecule has 2 aromatic rings. The number of pyridine rings is 1. The van der Waals surface area contributed by atoms with Crippen molar-refractivity contribution in [3.8, 4) is 0 Å². The number of carbonyl (C=O) groups is 1. The minimum atomic E-state index is -0.541. The summed E-state index contributed by atoms with van der Waals surface area (Å²) >= 11 is 0. The van der Waals surface area contributed by atoms with E-state index in [1.165, 1.54) is 4.57 Å². The number of amides is 1. The van der Waals surface area contributed by atoms with Crippen molar-refractivity contribution in [3.63, 3.8) is 0 Å². The van der Waals surface area contributed by atoms with Crippen LogP contribution < -0.4 is 16.6 Å². The van der Waals surface area contributed by atoms with E-state index in [2.05, 4.69) is 15.3 Å². The third-order valence-corrected chi connectivity index (χ3v) is 5.50. The minimum Gasteiger partial charge on any atom is -0.333 e. The fraction of sp³-hybridized carbons (Fsp3) is 0.600. The molecule has 150 valence electrons. The highest BCUT2D eigenvalue weighted by Gasteiger charge is 2.31. The molecule has 1 amide bonds. The Morgan fingerprint density at radius 3 is 2.71 bits per heavy atom. The number of aromatic nitrogens is 3. The van der Waals surface area contributed by atoms with E-state index in [-0.39, 0.29) is 23.3 Å². The summed E-state index contributed by atoms with van der Waals surface area (Å²) in [4.78, 5) is 47.5. The van der Waals surface area contributed by atoms with Crippen LogP contribution in [0.15, 0.2) is 15.7 Å². The quantitative estimate of drug-likeness (QED) is 0.820. The summed E-state index contributed by atoms with van der Waals surface area (Å²) in [5.74, 6) is 0.340. The Labute approximate surface area is 163 Å².